The maximum Gasteiger partial charge on any atom is 0.317 e. The van der Waals surface area contributed by atoms with E-state index in [0.29, 0.717) is 25.7 Å². The van der Waals surface area contributed by atoms with Gasteiger partial charge < -0.3 is 119 Å². The maximum absolute atomic E-state index is 15.4. The summed E-state index contributed by atoms with van der Waals surface area (Å²) in [6.45, 7) is 16.9. The van der Waals surface area contributed by atoms with Crippen LogP contribution in [0.1, 0.15) is 120 Å². The van der Waals surface area contributed by atoms with Gasteiger partial charge in [-0.15, -0.1) is 0 Å². The molecule has 10 aliphatic rings. The molecular weight excluding hydrogens is 1100 g/mol. The molecule has 14 N–H and O–H groups in total. The summed E-state index contributed by atoms with van der Waals surface area (Å²) >= 11 is 0. The minimum Gasteiger partial charge on any atom is -0.432 e. The van der Waals surface area contributed by atoms with Gasteiger partial charge in [0.2, 0.25) is 6.29 Å². The molecule has 83 heavy (non-hydrogen) atoms. The molecule has 0 bridgehead atoms. The number of fused-ring (bicyclic) bond motifs is 7. The fourth-order valence-corrected chi connectivity index (χ4v) is 17.5. The molecule has 10 rings (SSSR count). The Morgan fingerprint density at radius 3 is 1.82 bits per heavy atom. The highest BCUT2D eigenvalue weighted by molar-refractivity contribution is 5.80. The third kappa shape index (κ3) is 10.6. The van der Waals surface area contributed by atoms with Gasteiger partial charge in [0.25, 0.3) is 0 Å². The predicted molar refractivity (Wildman–Crippen MR) is 282 cm³/mol. The SMILES string of the molecule is C[C@@H]1O[C@@H](O[C@@H]2[C@@H](O)[C@H](O[C@@H]3[C@@H](O)[C@@H](O)[C@H](O[C@@H]4C(OC(=O)C56CCC(C)(C)CC5C5=CCC7C8(C)CCC(O[C@@H]9O[C@H](CO)[C@@H](O)[C@H](O)[C@H]9O)C(C)(C)C8CCC7(C)[C@]5(C)C[C@H]6O)OC[C@@H](O)[C@@H]4O)O[C@H]3C)OC[C@H]2O)[C@H](O)[C@H](O)[C@H]1O. The van der Waals surface area contributed by atoms with Crippen molar-refractivity contribution in [1.29, 1.82) is 0 Å². The number of aliphatic hydroxyl groups is 14. The Hall–Kier alpha value is -1.71. The lowest BCUT2D eigenvalue weighted by Gasteiger charge is -2.71. The summed E-state index contributed by atoms with van der Waals surface area (Å²) in [4.78, 5) is 15.4. The van der Waals surface area contributed by atoms with Crippen LogP contribution in [-0.2, 0) is 52.2 Å². The minimum absolute atomic E-state index is 0.140. The smallest absolute Gasteiger partial charge is 0.317 e. The van der Waals surface area contributed by atoms with E-state index in [1.165, 1.54) is 13.8 Å². The van der Waals surface area contributed by atoms with Gasteiger partial charge in [-0.25, -0.2) is 0 Å². The van der Waals surface area contributed by atoms with Crippen LogP contribution in [0, 0.1) is 50.2 Å². The third-order valence-corrected chi connectivity index (χ3v) is 22.7. The number of allylic oxidation sites excluding steroid dienone is 2. The normalized spacial score (nSPS) is 55.1. The fraction of sp³-hybridized carbons (Fsp3) is 0.948. The van der Waals surface area contributed by atoms with Crippen LogP contribution in [0.3, 0.4) is 0 Å². The molecule has 0 aromatic carbocycles. The van der Waals surface area contributed by atoms with Gasteiger partial charge in [-0.2, -0.15) is 0 Å². The van der Waals surface area contributed by atoms with Crippen molar-refractivity contribution in [2.24, 2.45) is 50.2 Å². The summed E-state index contributed by atoms with van der Waals surface area (Å²) in [7, 11) is 0. The number of ether oxygens (including phenoxy) is 10. The van der Waals surface area contributed by atoms with E-state index in [2.05, 4.69) is 54.5 Å². The predicted octanol–water partition coefficient (Wildman–Crippen LogP) is -1.91. The Morgan fingerprint density at radius 1 is 0.554 bits per heavy atom. The number of carbonyl (C=O) groups excluding carboxylic acids is 1. The van der Waals surface area contributed by atoms with Crippen LogP contribution < -0.4 is 0 Å². The first-order chi connectivity index (χ1) is 38.8. The Kier molecular flexibility index (Phi) is 18.0. The van der Waals surface area contributed by atoms with Crippen LogP contribution in [0.25, 0.3) is 0 Å². The second kappa shape index (κ2) is 23.3. The van der Waals surface area contributed by atoms with Gasteiger partial charge in [-0.05, 0) is 116 Å². The number of hydrogen-bond acceptors (Lipinski definition) is 25. The molecule has 476 valence electrons. The van der Waals surface area contributed by atoms with E-state index in [9.17, 15) is 71.5 Å². The van der Waals surface area contributed by atoms with Crippen LogP contribution in [0.5, 0.6) is 0 Å². The van der Waals surface area contributed by atoms with E-state index in [1.807, 2.05) is 0 Å². The number of rotatable bonds is 11. The van der Waals surface area contributed by atoms with Crippen LogP contribution >= 0.6 is 0 Å². The quantitative estimate of drug-likeness (QED) is 0.0610. The maximum atomic E-state index is 15.4. The average Bonchev–Trinajstić information content (AvgIpc) is 1.27. The van der Waals surface area contributed by atoms with Gasteiger partial charge >= 0.3 is 5.97 Å². The highest BCUT2D eigenvalue weighted by Gasteiger charge is 2.72. The largest absolute Gasteiger partial charge is 0.432 e. The molecule has 0 amide bonds. The Bertz CT molecular complexity index is 2330. The molecule has 0 aromatic heterocycles. The zero-order valence-corrected chi connectivity index (χ0v) is 49.0. The van der Waals surface area contributed by atoms with E-state index >= 15 is 4.79 Å². The van der Waals surface area contributed by atoms with Crippen molar-refractivity contribution in [3.05, 3.63) is 11.6 Å². The van der Waals surface area contributed by atoms with E-state index < -0.39 is 195 Å². The van der Waals surface area contributed by atoms with Crippen LogP contribution in [0.15, 0.2) is 11.6 Å². The first-order valence-electron chi connectivity index (χ1n) is 30.0. The van der Waals surface area contributed by atoms with Crippen molar-refractivity contribution in [3.63, 3.8) is 0 Å². The van der Waals surface area contributed by atoms with Crippen LogP contribution in [-0.4, -0.2) is 251 Å². The lowest BCUT2D eigenvalue weighted by molar-refractivity contribution is -0.377. The standard InChI is InChI=1S/C58H94O25/c1-23-34(63)37(66)40(69)48(76-23)81-45-28(61)22-74-47(43(45)72)80-44-24(2)77-49(42(71)39(44)68)82-46-35(64)27(60)21-75-51(46)83-52(73)58-17-16-53(3,4)18-26(58)25-10-11-31-55(7)14-13-33(79-50-41(70)38(67)36(65)29(20-59)78-50)54(5,6)30(55)12-15-56(31,8)57(25,9)19-32(58)62/h10,23-24,26-51,59-72H,11-22H2,1-9H3/t23-,24-,26?,27+,28+,29+,30?,31?,32+,33?,34-,35-,36+,37+,38-,39-,40+,41+,42+,43+,44-,45-,46-,47-,48-,49-,50-,51?,55?,56?,57+,58?/m0/s1. The Labute approximate surface area is 483 Å². The van der Waals surface area contributed by atoms with Gasteiger partial charge in [-0.1, -0.05) is 60.1 Å². The van der Waals surface area contributed by atoms with E-state index in [0.717, 1.165) is 24.8 Å². The molecule has 25 nitrogen and oxygen atoms in total. The van der Waals surface area contributed by atoms with Crippen molar-refractivity contribution >= 4 is 5.97 Å². The first-order valence-corrected chi connectivity index (χ1v) is 30.0. The van der Waals surface area contributed by atoms with Crippen LogP contribution in [0.4, 0.5) is 0 Å². The summed E-state index contributed by atoms with van der Waals surface area (Å²) in [5.74, 6) is -0.986. The summed E-state index contributed by atoms with van der Waals surface area (Å²) in [6, 6.07) is 0. The van der Waals surface area contributed by atoms with E-state index in [1.54, 1.807) is 0 Å². The molecule has 9 fully saturated rings. The molecule has 5 saturated heterocycles. The number of carbonyl (C=O) groups is 1. The molecule has 5 aliphatic heterocycles. The topological polar surface area (TPSA) is 393 Å². The minimum atomic E-state index is -1.95. The van der Waals surface area contributed by atoms with E-state index in [-0.39, 0.29) is 47.0 Å². The van der Waals surface area contributed by atoms with Crippen LogP contribution in [0.2, 0.25) is 0 Å². The molecule has 0 aromatic rings. The fourth-order valence-electron chi connectivity index (χ4n) is 17.5. The molecule has 0 spiro atoms. The lowest BCUT2D eigenvalue weighted by Crippen LogP contribution is -2.68. The summed E-state index contributed by atoms with van der Waals surface area (Å²) < 4.78 is 59.4. The Morgan fingerprint density at radius 2 is 1.14 bits per heavy atom. The van der Waals surface area contributed by atoms with Gasteiger partial charge in [-0.3, -0.25) is 4.79 Å². The van der Waals surface area contributed by atoms with Crippen molar-refractivity contribution in [2.75, 3.05) is 19.8 Å². The molecule has 0 radical (unpaired) electrons. The van der Waals surface area contributed by atoms with Crippen molar-refractivity contribution in [1.82, 2.24) is 0 Å². The van der Waals surface area contributed by atoms with Crippen molar-refractivity contribution < 1.29 is 124 Å². The van der Waals surface area contributed by atoms with Gasteiger partial charge in [0.1, 0.15) is 97.0 Å². The molecule has 4 saturated carbocycles. The molecule has 25 heteroatoms. The van der Waals surface area contributed by atoms with Crippen molar-refractivity contribution in [3.8, 4) is 0 Å². The summed E-state index contributed by atoms with van der Waals surface area (Å²) in [5, 5.41) is 153. The number of hydrogen-bond donors (Lipinski definition) is 14. The number of aliphatic hydroxyl groups excluding tert-OH is 14. The van der Waals surface area contributed by atoms with Gasteiger partial charge in [0, 0.05) is 0 Å². The monoisotopic (exact) mass is 1190 g/mol. The summed E-state index contributed by atoms with van der Waals surface area (Å²) in [5.41, 5.74) is -2.24. The second-order valence-corrected chi connectivity index (χ2v) is 28.3. The summed E-state index contributed by atoms with van der Waals surface area (Å²) in [6.07, 6.45) is -29.8. The zero-order valence-electron chi connectivity index (χ0n) is 49.0. The Balaban J connectivity index is 0.842. The average molecular weight is 1190 g/mol. The zero-order chi connectivity index (χ0) is 60.6. The second-order valence-electron chi connectivity index (χ2n) is 28.3. The number of esters is 1. The van der Waals surface area contributed by atoms with E-state index in [4.69, 9.17) is 47.4 Å². The highest BCUT2D eigenvalue weighted by atomic mass is 16.8. The van der Waals surface area contributed by atoms with Crippen molar-refractivity contribution in [2.45, 2.75) is 274 Å². The highest BCUT2D eigenvalue weighted by Crippen LogP contribution is 2.76. The first kappa shape index (κ1) is 64.3. The lowest BCUT2D eigenvalue weighted by atomic mass is 9.33. The van der Waals surface area contributed by atoms with Gasteiger partial charge in [0.05, 0.1) is 44.2 Å². The molecule has 5 heterocycles. The molecular formula is C58H94O25. The molecule has 32 atom stereocenters. The van der Waals surface area contributed by atoms with Gasteiger partial charge in [0.15, 0.2) is 31.3 Å². The molecule has 5 aliphatic carbocycles. The molecule has 8 unspecified atom stereocenters. The third-order valence-electron chi connectivity index (χ3n) is 22.7.